The first-order valence-corrected chi connectivity index (χ1v) is 6.50. The van der Waals surface area contributed by atoms with Crippen LogP contribution in [0, 0.1) is 17.8 Å². The second-order valence-electron chi connectivity index (χ2n) is 6.18. The SMILES string of the molecule is CC(CC(C)C)=C(CC(C)C)CC(C)C. The summed E-state index contributed by atoms with van der Waals surface area (Å²) in [6, 6.07) is 0. The second-order valence-corrected chi connectivity index (χ2v) is 6.18. The predicted molar refractivity (Wildman–Crippen MR) is 71.1 cm³/mol. The number of allylic oxidation sites excluding steroid dienone is 2. The van der Waals surface area contributed by atoms with Crippen LogP contribution in [0.4, 0.5) is 0 Å². The molecule has 0 aliphatic rings. The predicted octanol–water partition coefficient (Wildman–Crippen LogP) is 5.44. The van der Waals surface area contributed by atoms with Gasteiger partial charge in [0.25, 0.3) is 0 Å². The number of hydrogen-bond donors (Lipinski definition) is 0. The lowest BCUT2D eigenvalue weighted by molar-refractivity contribution is 0.552. The Hall–Kier alpha value is -0.260. The van der Waals surface area contributed by atoms with E-state index in [1.165, 1.54) is 19.3 Å². The summed E-state index contributed by atoms with van der Waals surface area (Å²) in [6.45, 7) is 16.2. The highest BCUT2D eigenvalue weighted by Crippen LogP contribution is 2.25. The van der Waals surface area contributed by atoms with Crippen LogP contribution in [0.5, 0.6) is 0 Å². The first-order chi connectivity index (χ1) is 6.82. The van der Waals surface area contributed by atoms with Gasteiger partial charge in [-0.05, 0) is 43.9 Å². The Kier molecular flexibility index (Phi) is 6.96. The molecule has 0 nitrogen and oxygen atoms in total. The minimum atomic E-state index is 0.791. The van der Waals surface area contributed by atoms with Crippen LogP contribution in [0.25, 0.3) is 0 Å². The molecule has 0 rings (SSSR count). The zero-order valence-electron chi connectivity index (χ0n) is 11.9. The van der Waals surface area contributed by atoms with Crippen LogP contribution < -0.4 is 0 Å². The average molecular weight is 210 g/mol. The fraction of sp³-hybridized carbons (Fsp3) is 0.867. The Bertz CT molecular complexity index is 182. The zero-order chi connectivity index (χ0) is 12.0. The second kappa shape index (κ2) is 7.09. The van der Waals surface area contributed by atoms with Crippen molar-refractivity contribution in [1.82, 2.24) is 0 Å². The van der Waals surface area contributed by atoms with Gasteiger partial charge in [0.05, 0.1) is 0 Å². The summed E-state index contributed by atoms with van der Waals surface area (Å²) in [5.74, 6) is 2.38. The van der Waals surface area contributed by atoms with E-state index < -0.39 is 0 Å². The minimum Gasteiger partial charge on any atom is -0.0738 e. The highest BCUT2D eigenvalue weighted by atomic mass is 14.1. The van der Waals surface area contributed by atoms with Crippen molar-refractivity contribution in [2.45, 2.75) is 67.7 Å². The van der Waals surface area contributed by atoms with Crippen LogP contribution in [0.2, 0.25) is 0 Å². The number of rotatable bonds is 6. The summed E-state index contributed by atoms with van der Waals surface area (Å²) in [4.78, 5) is 0. The fourth-order valence-electron chi connectivity index (χ4n) is 2.17. The molecule has 0 atom stereocenters. The Labute approximate surface area is 97.2 Å². The average Bonchev–Trinajstić information content (AvgIpc) is 1.99. The maximum absolute atomic E-state index is 2.33. The van der Waals surface area contributed by atoms with Crippen molar-refractivity contribution >= 4 is 0 Å². The van der Waals surface area contributed by atoms with E-state index in [1.807, 2.05) is 0 Å². The van der Waals surface area contributed by atoms with Crippen molar-refractivity contribution in [3.8, 4) is 0 Å². The lowest BCUT2D eigenvalue weighted by atomic mass is 9.89. The van der Waals surface area contributed by atoms with Crippen LogP contribution in [-0.4, -0.2) is 0 Å². The van der Waals surface area contributed by atoms with Gasteiger partial charge in [-0.2, -0.15) is 0 Å². The lowest BCUT2D eigenvalue weighted by Crippen LogP contribution is -2.01. The molecule has 0 aromatic carbocycles. The Morgan fingerprint density at radius 2 is 1.00 bits per heavy atom. The maximum atomic E-state index is 2.33. The minimum absolute atomic E-state index is 0.791. The third kappa shape index (κ3) is 7.64. The van der Waals surface area contributed by atoms with Gasteiger partial charge in [0, 0.05) is 0 Å². The molecule has 0 amide bonds. The molecule has 0 heteroatoms. The Morgan fingerprint density at radius 1 is 0.667 bits per heavy atom. The molecule has 0 aliphatic heterocycles. The summed E-state index contributed by atoms with van der Waals surface area (Å²) in [5, 5.41) is 0. The Morgan fingerprint density at radius 3 is 1.27 bits per heavy atom. The zero-order valence-corrected chi connectivity index (χ0v) is 11.9. The van der Waals surface area contributed by atoms with Gasteiger partial charge in [0.2, 0.25) is 0 Å². The van der Waals surface area contributed by atoms with Gasteiger partial charge in [-0.15, -0.1) is 0 Å². The van der Waals surface area contributed by atoms with Crippen LogP contribution in [0.1, 0.15) is 67.7 Å². The molecule has 90 valence electrons. The van der Waals surface area contributed by atoms with Crippen molar-refractivity contribution in [3.05, 3.63) is 11.1 Å². The van der Waals surface area contributed by atoms with E-state index in [0.717, 1.165) is 17.8 Å². The van der Waals surface area contributed by atoms with Crippen LogP contribution in [0.3, 0.4) is 0 Å². The van der Waals surface area contributed by atoms with E-state index in [0.29, 0.717) is 0 Å². The van der Waals surface area contributed by atoms with E-state index in [2.05, 4.69) is 48.5 Å². The van der Waals surface area contributed by atoms with Crippen molar-refractivity contribution in [2.75, 3.05) is 0 Å². The van der Waals surface area contributed by atoms with Crippen LogP contribution in [-0.2, 0) is 0 Å². The standard InChI is InChI=1S/C15H30/c1-11(2)8-14(7)15(9-12(3)4)10-13(5)6/h11-13H,8-10H2,1-7H3. The smallest absolute Gasteiger partial charge is 0.0294 e. The molecule has 0 spiro atoms. The molecule has 0 saturated heterocycles. The summed E-state index contributed by atoms with van der Waals surface area (Å²) in [6.07, 6.45) is 3.85. The molecule has 0 heterocycles. The topological polar surface area (TPSA) is 0 Å². The van der Waals surface area contributed by atoms with Gasteiger partial charge < -0.3 is 0 Å². The molecule has 0 fully saturated rings. The Balaban J connectivity index is 4.56. The molecular formula is C15H30. The van der Waals surface area contributed by atoms with E-state index >= 15 is 0 Å². The molecule has 0 aromatic heterocycles. The summed E-state index contributed by atoms with van der Waals surface area (Å²) < 4.78 is 0. The van der Waals surface area contributed by atoms with Crippen LogP contribution >= 0.6 is 0 Å². The van der Waals surface area contributed by atoms with Gasteiger partial charge in [-0.25, -0.2) is 0 Å². The first kappa shape index (κ1) is 14.7. The summed E-state index contributed by atoms with van der Waals surface area (Å²) >= 11 is 0. The monoisotopic (exact) mass is 210 g/mol. The first-order valence-electron chi connectivity index (χ1n) is 6.50. The molecule has 15 heavy (non-hydrogen) atoms. The van der Waals surface area contributed by atoms with Crippen molar-refractivity contribution in [1.29, 1.82) is 0 Å². The summed E-state index contributed by atoms with van der Waals surface area (Å²) in [5.41, 5.74) is 3.36. The van der Waals surface area contributed by atoms with Gasteiger partial charge >= 0.3 is 0 Å². The lowest BCUT2D eigenvalue weighted by Gasteiger charge is -2.18. The molecular weight excluding hydrogens is 180 g/mol. The van der Waals surface area contributed by atoms with Crippen molar-refractivity contribution < 1.29 is 0 Å². The van der Waals surface area contributed by atoms with Crippen molar-refractivity contribution in [3.63, 3.8) is 0 Å². The molecule has 0 aliphatic carbocycles. The van der Waals surface area contributed by atoms with Gasteiger partial charge in [0.15, 0.2) is 0 Å². The van der Waals surface area contributed by atoms with Gasteiger partial charge in [-0.3, -0.25) is 0 Å². The van der Waals surface area contributed by atoms with E-state index in [9.17, 15) is 0 Å². The highest BCUT2D eigenvalue weighted by molar-refractivity contribution is 5.13. The van der Waals surface area contributed by atoms with Crippen LogP contribution in [0.15, 0.2) is 11.1 Å². The van der Waals surface area contributed by atoms with Gasteiger partial charge in [0.1, 0.15) is 0 Å². The van der Waals surface area contributed by atoms with E-state index in [-0.39, 0.29) is 0 Å². The summed E-state index contributed by atoms with van der Waals surface area (Å²) in [7, 11) is 0. The maximum Gasteiger partial charge on any atom is -0.0294 e. The van der Waals surface area contributed by atoms with Gasteiger partial charge in [-0.1, -0.05) is 52.7 Å². The van der Waals surface area contributed by atoms with E-state index in [4.69, 9.17) is 0 Å². The van der Waals surface area contributed by atoms with E-state index in [1.54, 1.807) is 11.1 Å². The number of hydrogen-bond acceptors (Lipinski definition) is 0. The van der Waals surface area contributed by atoms with Crippen molar-refractivity contribution in [2.24, 2.45) is 17.8 Å². The third-order valence-electron chi connectivity index (χ3n) is 2.63. The molecule has 0 saturated carbocycles. The molecule has 0 bridgehead atoms. The largest absolute Gasteiger partial charge is 0.0738 e. The molecule has 0 aromatic rings. The molecule has 0 unspecified atom stereocenters. The normalized spacial score (nSPS) is 11.6. The fourth-order valence-corrected chi connectivity index (χ4v) is 2.17. The highest BCUT2D eigenvalue weighted by Gasteiger charge is 2.09. The molecule has 0 radical (unpaired) electrons. The third-order valence-corrected chi connectivity index (χ3v) is 2.63. The quantitative estimate of drug-likeness (QED) is 0.512. The molecule has 0 N–H and O–H groups in total.